The molecule has 6 nitrogen and oxygen atoms in total. The van der Waals surface area contributed by atoms with Gasteiger partial charge in [-0.15, -0.1) is 24.0 Å². The third kappa shape index (κ3) is 5.92. The number of aromatic nitrogens is 2. The van der Waals surface area contributed by atoms with Gasteiger partial charge in [0.15, 0.2) is 5.96 Å². The van der Waals surface area contributed by atoms with Gasteiger partial charge in [0, 0.05) is 37.6 Å². The van der Waals surface area contributed by atoms with E-state index in [-0.39, 0.29) is 29.6 Å². The Balaban J connectivity index is 0.00000264. The van der Waals surface area contributed by atoms with E-state index >= 15 is 0 Å². The number of ether oxygens (including phenoxy) is 1. The average Bonchev–Trinajstić information content (AvgIpc) is 2.89. The Morgan fingerprint density at radius 1 is 1.35 bits per heavy atom. The number of nitrogens with one attached hydrogen (secondary N) is 2. The van der Waals surface area contributed by atoms with Crippen molar-refractivity contribution in [3.8, 4) is 0 Å². The molecule has 0 bridgehead atoms. The first-order chi connectivity index (χ1) is 10.4. The highest BCUT2D eigenvalue weighted by atomic mass is 127. The lowest BCUT2D eigenvalue weighted by Gasteiger charge is -2.24. The minimum absolute atomic E-state index is 0. The van der Waals surface area contributed by atoms with Gasteiger partial charge in [-0.3, -0.25) is 4.99 Å². The van der Waals surface area contributed by atoms with Crippen LogP contribution in [0, 0.1) is 0 Å². The van der Waals surface area contributed by atoms with Gasteiger partial charge in [-0.25, -0.2) is 4.98 Å². The van der Waals surface area contributed by atoms with Crippen LogP contribution in [-0.4, -0.2) is 41.6 Å². The molecular weight excluding hydrogens is 473 g/mol. The minimum atomic E-state index is -0.243. The van der Waals surface area contributed by atoms with Crippen LogP contribution in [0.2, 0.25) is 0 Å². The highest BCUT2D eigenvalue weighted by Crippen LogP contribution is 2.12. The zero-order valence-corrected chi connectivity index (χ0v) is 17.7. The number of fused-ring (bicyclic) bond motifs is 1. The van der Waals surface area contributed by atoms with E-state index < -0.39 is 0 Å². The van der Waals surface area contributed by atoms with E-state index in [4.69, 9.17) is 4.74 Å². The Labute approximate surface area is 162 Å². The van der Waals surface area contributed by atoms with Gasteiger partial charge in [-0.2, -0.15) is 0 Å². The van der Waals surface area contributed by atoms with Gasteiger partial charge in [-0.1, -0.05) is 0 Å². The monoisotopic (exact) mass is 495 g/mol. The van der Waals surface area contributed by atoms with E-state index in [1.165, 1.54) is 0 Å². The number of rotatable bonds is 5. The number of hydrogen-bond donors (Lipinski definition) is 2. The number of halogens is 2. The molecule has 0 saturated heterocycles. The number of aliphatic imine (C=N–C) groups is 1. The summed E-state index contributed by atoms with van der Waals surface area (Å²) in [6.45, 7) is 5.31. The van der Waals surface area contributed by atoms with Crippen molar-refractivity contribution in [2.24, 2.45) is 4.99 Å². The maximum absolute atomic E-state index is 5.38. The topological polar surface area (TPSA) is 63.0 Å². The Kier molecular flexibility index (Phi) is 7.75. The Bertz CT molecular complexity index is 671. The first kappa shape index (κ1) is 20.2. The molecule has 2 aromatic heterocycles. The summed E-state index contributed by atoms with van der Waals surface area (Å²) in [5, 5.41) is 6.50. The van der Waals surface area contributed by atoms with Gasteiger partial charge in [0.2, 0.25) is 0 Å². The molecule has 0 amide bonds. The molecule has 8 heteroatoms. The number of imidazole rings is 1. The molecule has 0 aliphatic carbocycles. The summed E-state index contributed by atoms with van der Waals surface area (Å²) in [4.78, 5) is 8.76. The third-order valence-electron chi connectivity index (χ3n) is 3.36. The summed E-state index contributed by atoms with van der Waals surface area (Å²) in [5.74, 6) is 0.725. The van der Waals surface area contributed by atoms with Crippen molar-refractivity contribution in [3.63, 3.8) is 0 Å². The first-order valence-electron chi connectivity index (χ1n) is 7.06. The molecule has 0 aromatic carbocycles. The molecule has 0 spiro atoms. The summed E-state index contributed by atoms with van der Waals surface area (Å²) in [5.41, 5.74) is 1.63. The number of hydrogen-bond acceptors (Lipinski definition) is 3. The molecule has 2 aromatic rings. The standard InChI is InChI=1S/C15H22BrN5O.HI/c1-15(2,22-4)10-19-14(17-3)18-7-12-9-21-8-11(16)5-6-13(21)20-12;/h5-6,8-9H,7,10H2,1-4H3,(H2,17,18,19);1H. The Hall–Kier alpha value is -0.870. The van der Waals surface area contributed by atoms with Gasteiger partial charge in [0.05, 0.1) is 17.8 Å². The lowest BCUT2D eigenvalue weighted by Crippen LogP contribution is -2.45. The van der Waals surface area contributed by atoms with E-state index in [9.17, 15) is 0 Å². The molecular formula is C15H23BrIN5O. The molecule has 0 saturated carbocycles. The molecule has 0 aliphatic heterocycles. The zero-order valence-electron chi connectivity index (χ0n) is 13.8. The fourth-order valence-corrected chi connectivity index (χ4v) is 2.22. The van der Waals surface area contributed by atoms with Crippen LogP contribution in [0.25, 0.3) is 5.65 Å². The second-order valence-corrected chi connectivity index (χ2v) is 6.50. The normalized spacial score (nSPS) is 12.1. The predicted octanol–water partition coefficient (Wildman–Crippen LogP) is 2.80. The van der Waals surface area contributed by atoms with E-state index in [0.717, 1.165) is 21.8 Å². The predicted molar refractivity (Wildman–Crippen MR) is 108 cm³/mol. The van der Waals surface area contributed by atoms with E-state index in [1.54, 1.807) is 14.2 Å². The minimum Gasteiger partial charge on any atom is -0.377 e. The van der Waals surface area contributed by atoms with Crippen LogP contribution >= 0.6 is 39.9 Å². The Morgan fingerprint density at radius 3 is 2.74 bits per heavy atom. The quantitative estimate of drug-likeness (QED) is 0.380. The van der Waals surface area contributed by atoms with Crippen LogP contribution in [0.1, 0.15) is 19.5 Å². The summed E-state index contributed by atoms with van der Waals surface area (Å²) >= 11 is 3.46. The Morgan fingerprint density at radius 2 is 2.09 bits per heavy atom. The van der Waals surface area contributed by atoms with Crippen molar-refractivity contribution in [3.05, 3.63) is 34.7 Å². The van der Waals surface area contributed by atoms with Gasteiger partial charge in [0.25, 0.3) is 0 Å². The van der Waals surface area contributed by atoms with E-state index in [1.807, 2.05) is 42.8 Å². The lowest BCUT2D eigenvalue weighted by atomic mass is 10.1. The van der Waals surface area contributed by atoms with Crippen molar-refractivity contribution in [1.82, 2.24) is 20.0 Å². The number of methoxy groups -OCH3 is 1. The third-order valence-corrected chi connectivity index (χ3v) is 3.83. The van der Waals surface area contributed by atoms with Crippen molar-refractivity contribution >= 4 is 51.5 Å². The van der Waals surface area contributed by atoms with Crippen molar-refractivity contribution in [2.45, 2.75) is 26.0 Å². The lowest BCUT2D eigenvalue weighted by molar-refractivity contribution is 0.0268. The van der Waals surface area contributed by atoms with Crippen LogP contribution < -0.4 is 10.6 Å². The molecule has 2 N–H and O–H groups in total. The molecule has 2 heterocycles. The molecule has 128 valence electrons. The van der Waals surface area contributed by atoms with Crippen molar-refractivity contribution in [1.29, 1.82) is 0 Å². The maximum atomic E-state index is 5.38. The second kappa shape index (κ2) is 8.84. The molecule has 0 aliphatic rings. The molecule has 0 atom stereocenters. The van der Waals surface area contributed by atoms with Gasteiger partial charge >= 0.3 is 0 Å². The smallest absolute Gasteiger partial charge is 0.191 e. The van der Waals surface area contributed by atoms with Crippen LogP contribution in [0.5, 0.6) is 0 Å². The summed E-state index contributed by atoms with van der Waals surface area (Å²) in [6.07, 6.45) is 3.99. The number of guanidine groups is 1. The van der Waals surface area contributed by atoms with Crippen molar-refractivity contribution < 1.29 is 4.74 Å². The van der Waals surface area contributed by atoms with E-state index in [2.05, 4.69) is 36.5 Å². The van der Waals surface area contributed by atoms with Crippen LogP contribution in [0.3, 0.4) is 0 Å². The maximum Gasteiger partial charge on any atom is 0.191 e. The highest BCUT2D eigenvalue weighted by Gasteiger charge is 2.16. The van der Waals surface area contributed by atoms with E-state index in [0.29, 0.717) is 13.1 Å². The highest BCUT2D eigenvalue weighted by molar-refractivity contribution is 14.0. The SMILES string of the molecule is CN=C(NCc1cn2cc(Br)ccc2n1)NCC(C)(C)OC.I. The first-order valence-corrected chi connectivity index (χ1v) is 7.85. The molecule has 0 radical (unpaired) electrons. The van der Waals surface area contributed by atoms with Crippen LogP contribution in [0.15, 0.2) is 34.0 Å². The van der Waals surface area contributed by atoms with Crippen molar-refractivity contribution in [2.75, 3.05) is 20.7 Å². The van der Waals surface area contributed by atoms with Crippen LogP contribution in [-0.2, 0) is 11.3 Å². The number of pyridine rings is 1. The molecule has 2 rings (SSSR count). The number of nitrogens with zero attached hydrogens (tertiary/aromatic N) is 3. The van der Waals surface area contributed by atoms with Crippen LogP contribution in [0.4, 0.5) is 0 Å². The van der Waals surface area contributed by atoms with Gasteiger partial charge in [-0.05, 0) is 41.9 Å². The van der Waals surface area contributed by atoms with Gasteiger partial charge < -0.3 is 19.8 Å². The molecule has 0 fully saturated rings. The zero-order chi connectivity index (χ0) is 16.2. The molecule has 23 heavy (non-hydrogen) atoms. The largest absolute Gasteiger partial charge is 0.377 e. The molecule has 0 unspecified atom stereocenters. The fraction of sp³-hybridized carbons (Fsp3) is 0.467. The second-order valence-electron chi connectivity index (χ2n) is 5.59. The summed E-state index contributed by atoms with van der Waals surface area (Å²) in [7, 11) is 3.45. The van der Waals surface area contributed by atoms with Gasteiger partial charge in [0.1, 0.15) is 5.65 Å². The summed E-state index contributed by atoms with van der Waals surface area (Å²) in [6, 6.07) is 3.95. The summed E-state index contributed by atoms with van der Waals surface area (Å²) < 4.78 is 8.40. The fourth-order valence-electron chi connectivity index (χ4n) is 1.87. The average molecular weight is 496 g/mol.